The first kappa shape index (κ1) is 16.3. The molecular weight excluding hydrogens is 263 g/mol. The van der Waals surface area contributed by atoms with Crippen molar-refractivity contribution in [2.45, 2.75) is 65.0 Å². The molecule has 1 saturated carbocycles. The van der Waals surface area contributed by atoms with Crippen molar-refractivity contribution in [2.24, 2.45) is 11.7 Å². The smallest absolute Gasteiger partial charge is 0.146 e. The SMILES string of the molecule is CC(C)CN(c1ccc(CC(C)N)cc1F)C1CCCC1. The van der Waals surface area contributed by atoms with Crippen molar-refractivity contribution in [3.63, 3.8) is 0 Å². The van der Waals surface area contributed by atoms with Crippen LogP contribution in [-0.2, 0) is 6.42 Å². The van der Waals surface area contributed by atoms with E-state index in [1.54, 1.807) is 6.07 Å². The lowest BCUT2D eigenvalue weighted by Gasteiger charge is -2.33. The number of rotatable bonds is 6. The van der Waals surface area contributed by atoms with Crippen LogP contribution in [0.25, 0.3) is 0 Å². The Balaban J connectivity index is 2.22. The second kappa shape index (κ2) is 7.26. The van der Waals surface area contributed by atoms with Crippen molar-refractivity contribution in [3.8, 4) is 0 Å². The molecule has 1 aromatic carbocycles. The predicted octanol–water partition coefficient (Wildman–Crippen LogP) is 4.12. The molecule has 0 radical (unpaired) electrons. The van der Waals surface area contributed by atoms with Crippen LogP contribution >= 0.6 is 0 Å². The summed E-state index contributed by atoms with van der Waals surface area (Å²) in [5.74, 6) is 0.439. The average Bonchev–Trinajstić information content (AvgIpc) is 2.89. The predicted molar refractivity (Wildman–Crippen MR) is 88.2 cm³/mol. The molecule has 1 aliphatic rings. The lowest BCUT2D eigenvalue weighted by Crippen LogP contribution is -2.37. The van der Waals surface area contributed by atoms with Gasteiger partial charge in [-0.2, -0.15) is 0 Å². The second-order valence-corrected chi connectivity index (χ2v) is 6.95. The molecule has 1 aliphatic carbocycles. The summed E-state index contributed by atoms with van der Waals surface area (Å²) >= 11 is 0. The summed E-state index contributed by atoms with van der Waals surface area (Å²) in [6.07, 6.45) is 5.64. The van der Waals surface area contributed by atoms with Gasteiger partial charge in [0.25, 0.3) is 0 Å². The van der Waals surface area contributed by atoms with E-state index < -0.39 is 0 Å². The van der Waals surface area contributed by atoms with Crippen molar-refractivity contribution in [3.05, 3.63) is 29.6 Å². The van der Waals surface area contributed by atoms with Crippen LogP contribution in [0.5, 0.6) is 0 Å². The zero-order valence-corrected chi connectivity index (χ0v) is 13.6. The lowest BCUT2D eigenvalue weighted by molar-refractivity contribution is 0.520. The zero-order valence-electron chi connectivity index (χ0n) is 13.6. The fourth-order valence-electron chi connectivity index (χ4n) is 3.34. The summed E-state index contributed by atoms with van der Waals surface area (Å²) in [4.78, 5) is 2.29. The molecular formula is C18H29FN2. The summed E-state index contributed by atoms with van der Waals surface area (Å²) in [5.41, 5.74) is 7.56. The Kier molecular flexibility index (Phi) is 5.63. The highest BCUT2D eigenvalue weighted by molar-refractivity contribution is 5.50. The number of nitrogens with two attached hydrogens (primary N) is 1. The Hall–Kier alpha value is -1.09. The summed E-state index contributed by atoms with van der Waals surface area (Å²) < 4.78 is 14.6. The molecule has 0 aliphatic heterocycles. The number of hydrogen-bond donors (Lipinski definition) is 1. The van der Waals surface area contributed by atoms with E-state index in [-0.39, 0.29) is 11.9 Å². The van der Waals surface area contributed by atoms with Gasteiger partial charge in [0.05, 0.1) is 5.69 Å². The molecule has 1 atom stereocenters. The number of halogens is 1. The van der Waals surface area contributed by atoms with Crippen molar-refractivity contribution in [1.82, 2.24) is 0 Å². The monoisotopic (exact) mass is 292 g/mol. The number of nitrogens with zero attached hydrogens (tertiary/aromatic N) is 1. The molecule has 0 saturated heterocycles. The van der Waals surface area contributed by atoms with E-state index >= 15 is 0 Å². The van der Waals surface area contributed by atoms with Crippen LogP contribution in [0.3, 0.4) is 0 Å². The van der Waals surface area contributed by atoms with Crippen molar-refractivity contribution in [1.29, 1.82) is 0 Å². The molecule has 1 aromatic rings. The van der Waals surface area contributed by atoms with E-state index in [0.717, 1.165) is 24.2 Å². The maximum absolute atomic E-state index is 14.6. The van der Waals surface area contributed by atoms with Crippen LogP contribution in [0.15, 0.2) is 18.2 Å². The summed E-state index contributed by atoms with van der Waals surface area (Å²) in [5, 5.41) is 0. The van der Waals surface area contributed by atoms with Gasteiger partial charge >= 0.3 is 0 Å². The minimum Gasteiger partial charge on any atom is -0.366 e. The molecule has 2 rings (SSSR count). The van der Waals surface area contributed by atoms with E-state index in [1.165, 1.54) is 25.7 Å². The molecule has 118 valence electrons. The van der Waals surface area contributed by atoms with Gasteiger partial charge in [0.2, 0.25) is 0 Å². The first-order valence-corrected chi connectivity index (χ1v) is 8.28. The topological polar surface area (TPSA) is 29.3 Å². The fourth-order valence-corrected chi connectivity index (χ4v) is 3.34. The largest absolute Gasteiger partial charge is 0.366 e. The Morgan fingerprint density at radius 1 is 1.24 bits per heavy atom. The maximum atomic E-state index is 14.6. The normalized spacial score (nSPS) is 17.4. The molecule has 1 fully saturated rings. The zero-order chi connectivity index (χ0) is 15.4. The Labute approximate surface area is 128 Å². The number of hydrogen-bond acceptors (Lipinski definition) is 2. The minimum absolute atomic E-state index is 0.0665. The van der Waals surface area contributed by atoms with Gasteiger partial charge in [0, 0.05) is 18.6 Å². The minimum atomic E-state index is -0.0966. The number of benzene rings is 1. The summed E-state index contributed by atoms with van der Waals surface area (Å²) in [6, 6.07) is 6.22. The summed E-state index contributed by atoms with van der Waals surface area (Å²) in [6.45, 7) is 7.28. The van der Waals surface area contributed by atoms with Crippen LogP contribution in [0, 0.1) is 11.7 Å². The van der Waals surface area contributed by atoms with Gasteiger partial charge < -0.3 is 10.6 Å². The molecule has 21 heavy (non-hydrogen) atoms. The van der Waals surface area contributed by atoms with Crippen molar-refractivity contribution < 1.29 is 4.39 Å². The first-order chi connectivity index (χ1) is 9.97. The Bertz CT molecular complexity index is 451. The molecule has 2 N–H and O–H groups in total. The summed E-state index contributed by atoms with van der Waals surface area (Å²) in [7, 11) is 0. The molecule has 0 amide bonds. The molecule has 1 unspecified atom stereocenters. The standard InChI is InChI=1S/C18H29FN2/c1-13(2)12-21(16-6-4-5-7-16)18-9-8-15(10-14(3)20)11-17(18)19/h8-9,11,13-14,16H,4-7,10,12,20H2,1-3H3. The molecule has 2 nitrogen and oxygen atoms in total. The van der Waals surface area contributed by atoms with Gasteiger partial charge in [0.1, 0.15) is 5.82 Å². The van der Waals surface area contributed by atoms with Crippen LogP contribution < -0.4 is 10.6 Å². The van der Waals surface area contributed by atoms with E-state index in [0.29, 0.717) is 12.0 Å². The molecule has 3 heteroatoms. The molecule has 0 bridgehead atoms. The number of anilines is 1. The first-order valence-electron chi connectivity index (χ1n) is 8.28. The third-order valence-corrected chi connectivity index (χ3v) is 4.21. The van der Waals surface area contributed by atoms with Crippen molar-refractivity contribution >= 4 is 5.69 Å². The van der Waals surface area contributed by atoms with Crippen LogP contribution in [0.4, 0.5) is 10.1 Å². The van der Waals surface area contributed by atoms with Crippen LogP contribution in [0.1, 0.15) is 52.0 Å². The van der Waals surface area contributed by atoms with Gasteiger partial charge in [-0.3, -0.25) is 0 Å². The van der Waals surface area contributed by atoms with Gasteiger partial charge in [0.15, 0.2) is 0 Å². The van der Waals surface area contributed by atoms with E-state index in [2.05, 4.69) is 18.7 Å². The molecule has 0 aromatic heterocycles. The van der Waals surface area contributed by atoms with Crippen LogP contribution in [-0.4, -0.2) is 18.6 Å². The van der Waals surface area contributed by atoms with Gasteiger partial charge in [-0.1, -0.05) is 32.8 Å². The third kappa shape index (κ3) is 4.44. The lowest BCUT2D eigenvalue weighted by atomic mass is 10.0. The highest BCUT2D eigenvalue weighted by Gasteiger charge is 2.25. The highest BCUT2D eigenvalue weighted by atomic mass is 19.1. The molecule has 0 spiro atoms. The Morgan fingerprint density at radius 3 is 2.43 bits per heavy atom. The average molecular weight is 292 g/mol. The van der Waals surface area contributed by atoms with Gasteiger partial charge in [-0.15, -0.1) is 0 Å². The van der Waals surface area contributed by atoms with Crippen molar-refractivity contribution in [2.75, 3.05) is 11.4 Å². The van der Waals surface area contributed by atoms with E-state index in [9.17, 15) is 4.39 Å². The Morgan fingerprint density at radius 2 is 1.90 bits per heavy atom. The third-order valence-electron chi connectivity index (χ3n) is 4.21. The molecule has 0 heterocycles. The van der Waals surface area contributed by atoms with E-state index in [4.69, 9.17) is 5.73 Å². The van der Waals surface area contributed by atoms with Crippen LogP contribution in [0.2, 0.25) is 0 Å². The maximum Gasteiger partial charge on any atom is 0.146 e. The highest BCUT2D eigenvalue weighted by Crippen LogP contribution is 2.31. The fraction of sp³-hybridized carbons (Fsp3) is 0.667. The van der Waals surface area contributed by atoms with Gasteiger partial charge in [-0.25, -0.2) is 4.39 Å². The van der Waals surface area contributed by atoms with Gasteiger partial charge in [-0.05, 0) is 49.8 Å². The van der Waals surface area contributed by atoms with E-state index in [1.807, 2.05) is 19.1 Å². The quantitative estimate of drug-likeness (QED) is 0.854. The second-order valence-electron chi connectivity index (χ2n) is 6.95.